The molecule has 5 rings (SSSR count). The number of fused-ring (bicyclic) bond motifs is 2. The van der Waals surface area contributed by atoms with Gasteiger partial charge in [0.25, 0.3) is 5.56 Å². The Morgan fingerprint density at radius 3 is 2.71 bits per heavy atom. The van der Waals surface area contributed by atoms with E-state index in [4.69, 9.17) is 0 Å². The van der Waals surface area contributed by atoms with Crippen molar-refractivity contribution < 1.29 is 4.79 Å². The molecule has 31 heavy (non-hydrogen) atoms. The van der Waals surface area contributed by atoms with Crippen molar-refractivity contribution in [3.8, 4) is 11.3 Å². The van der Waals surface area contributed by atoms with Crippen molar-refractivity contribution in [2.24, 2.45) is 0 Å². The number of anilines is 1. The molecule has 1 N–H and O–H groups in total. The highest BCUT2D eigenvalue weighted by Gasteiger charge is 2.10. The fraction of sp³-hybridized carbons (Fsp3) is 0.0833. The Morgan fingerprint density at radius 1 is 1.00 bits per heavy atom. The summed E-state index contributed by atoms with van der Waals surface area (Å²) in [4.78, 5) is 29.3. The lowest BCUT2D eigenvalue weighted by atomic mass is 10.1. The zero-order chi connectivity index (χ0) is 21.4. The van der Waals surface area contributed by atoms with E-state index in [1.807, 2.05) is 67.6 Å². The Labute approximate surface area is 181 Å². The number of rotatable bonds is 4. The normalized spacial score (nSPS) is 11.1. The van der Waals surface area contributed by atoms with Crippen molar-refractivity contribution in [1.29, 1.82) is 0 Å². The molecule has 152 valence electrons. The van der Waals surface area contributed by atoms with Crippen LogP contribution in [-0.2, 0) is 11.3 Å². The molecule has 5 aromatic rings. The average molecular weight is 427 g/mol. The van der Waals surface area contributed by atoms with E-state index in [-0.39, 0.29) is 18.0 Å². The van der Waals surface area contributed by atoms with E-state index in [0.717, 1.165) is 31.6 Å². The number of hydrogen-bond donors (Lipinski definition) is 1. The minimum atomic E-state index is -0.328. The molecule has 6 nitrogen and oxygen atoms in total. The number of thiazole rings is 1. The maximum Gasteiger partial charge on any atom is 0.267 e. The van der Waals surface area contributed by atoms with Crippen molar-refractivity contribution >= 4 is 43.9 Å². The molecule has 0 fully saturated rings. The number of aryl methyl sites for hydroxylation is 1. The highest BCUT2D eigenvalue weighted by atomic mass is 32.1. The quantitative estimate of drug-likeness (QED) is 0.455. The van der Waals surface area contributed by atoms with Crippen LogP contribution in [0.5, 0.6) is 0 Å². The van der Waals surface area contributed by atoms with Gasteiger partial charge in [0, 0.05) is 17.3 Å². The summed E-state index contributed by atoms with van der Waals surface area (Å²) >= 11 is 1.61. The lowest BCUT2D eigenvalue weighted by molar-refractivity contribution is -0.117. The van der Waals surface area contributed by atoms with Gasteiger partial charge in [-0.1, -0.05) is 36.4 Å². The van der Waals surface area contributed by atoms with E-state index < -0.39 is 0 Å². The number of carbonyl (C=O) groups is 1. The first-order valence-electron chi connectivity index (χ1n) is 9.79. The Kier molecular flexibility index (Phi) is 4.80. The molecular formula is C24H18N4O2S. The molecule has 3 aromatic carbocycles. The first-order chi connectivity index (χ1) is 15.0. The smallest absolute Gasteiger partial charge is 0.267 e. The summed E-state index contributed by atoms with van der Waals surface area (Å²) in [5, 5.41) is 10.4. The van der Waals surface area contributed by atoms with Gasteiger partial charge >= 0.3 is 0 Å². The van der Waals surface area contributed by atoms with Crippen LogP contribution in [0.3, 0.4) is 0 Å². The lowest BCUT2D eigenvalue weighted by Gasteiger charge is -2.09. The minimum absolute atomic E-state index is 0.172. The first-order valence-corrected chi connectivity index (χ1v) is 10.6. The second-order valence-corrected chi connectivity index (χ2v) is 8.47. The van der Waals surface area contributed by atoms with Gasteiger partial charge in [0.1, 0.15) is 6.54 Å². The Bertz CT molecular complexity index is 1500. The average Bonchev–Trinajstić information content (AvgIpc) is 3.14. The van der Waals surface area contributed by atoms with E-state index in [0.29, 0.717) is 11.4 Å². The summed E-state index contributed by atoms with van der Waals surface area (Å²) in [7, 11) is 0. The zero-order valence-corrected chi connectivity index (χ0v) is 17.5. The fourth-order valence-electron chi connectivity index (χ4n) is 3.52. The van der Waals surface area contributed by atoms with Crippen LogP contribution in [-0.4, -0.2) is 20.7 Å². The highest BCUT2D eigenvalue weighted by molar-refractivity contribution is 7.18. The van der Waals surface area contributed by atoms with Crippen molar-refractivity contribution in [1.82, 2.24) is 14.8 Å². The zero-order valence-electron chi connectivity index (χ0n) is 16.7. The largest absolute Gasteiger partial charge is 0.324 e. The van der Waals surface area contributed by atoms with Crippen LogP contribution in [0, 0.1) is 6.92 Å². The van der Waals surface area contributed by atoms with Crippen LogP contribution < -0.4 is 10.9 Å². The molecular weight excluding hydrogens is 408 g/mol. The summed E-state index contributed by atoms with van der Waals surface area (Å²) in [5.41, 5.74) is 2.68. The number of nitrogens with one attached hydrogen (secondary N) is 1. The number of amides is 1. The Hall–Kier alpha value is -3.84. The van der Waals surface area contributed by atoms with Crippen LogP contribution in [0.4, 0.5) is 5.69 Å². The van der Waals surface area contributed by atoms with Crippen LogP contribution in [0.2, 0.25) is 0 Å². The third kappa shape index (κ3) is 3.95. The van der Waals surface area contributed by atoms with Gasteiger partial charge in [0.15, 0.2) is 0 Å². The summed E-state index contributed by atoms with van der Waals surface area (Å²) in [5.74, 6) is -0.323. The lowest BCUT2D eigenvalue weighted by Crippen LogP contribution is -2.29. The fourth-order valence-corrected chi connectivity index (χ4v) is 4.33. The Balaban J connectivity index is 1.39. The van der Waals surface area contributed by atoms with Gasteiger partial charge in [0.2, 0.25) is 5.91 Å². The van der Waals surface area contributed by atoms with Crippen molar-refractivity contribution in [2.75, 3.05) is 5.32 Å². The maximum absolute atomic E-state index is 12.6. The molecule has 0 unspecified atom stereocenters. The number of hydrogen-bond acceptors (Lipinski definition) is 5. The molecule has 7 heteroatoms. The first kappa shape index (κ1) is 19.1. The monoisotopic (exact) mass is 426 g/mol. The standard InChI is InChI=1S/C24H18N4O2S/c1-15-25-21-13-19(8-10-22(21)31-15)26-23(29)14-28-24(30)11-9-20(27-28)18-7-6-16-4-2-3-5-17(16)12-18/h2-13H,14H2,1H3,(H,26,29). The second-order valence-electron chi connectivity index (χ2n) is 7.24. The molecule has 0 aliphatic carbocycles. The third-order valence-electron chi connectivity index (χ3n) is 4.98. The molecule has 0 radical (unpaired) electrons. The SMILES string of the molecule is Cc1nc2cc(NC(=O)Cn3nc(-c4ccc5ccccc5c4)ccc3=O)ccc2s1. The minimum Gasteiger partial charge on any atom is -0.324 e. The number of aromatic nitrogens is 3. The molecule has 0 aliphatic heterocycles. The second kappa shape index (κ2) is 7.77. The van der Waals surface area contributed by atoms with Crippen molar-refractivity contribution in [3.05, 3.63) is 88.2 Å². The third-order valence-corrected chi connectivity index (χ3v) is 5.94. The maximum atomic E-state index is 12.6. The van der Waals surface area contributed by atoms with E-state index in [1.54, 1.807) is 17.4 Å². The molecule has 0 aliphatic rings. The van der Waals surface area contributed by atoms with E-state index in [2.05, 4.69) is 15.4 Å². The number of benzene rings is 3. The van der Waals surface area contributed by atoms with E-state index >= 15 is 0 Å². The van der Waals surface area contributed by atoms with Crippen LogP contribution in [0.15, 0.2) is 77.6 Å². The molecule has 0 atom stereocenters. The number of nitrogens with zero attached hydrogens (tertiary/aromatic N) is 3. The van der Waals surface area contributed by atoms with Crippen molar-refractivity contribution in [3.63, 3.8) is 0 Å². The Morgan fingerprint density at radius 2 is 1.84 bits per heavy atom. The molecule has 2 aromatic heterocycles. The predicted molar refractivity (Wildman–Crippen MR) is 124 cm³/mol. The summed E-state index contributed by atoms with van der Waals surface area (Å²) < 4.78 is 2.25. The van der Waals surface area contributed by atoms with Crippen LogP contribution in [0.1, 0.15) is 5.01 Å². The summed E-state index contributed by atoms with van der Waals surface area (Å²) in [6, 6.07) is 22.8. The molecule has 0 spiro atoms. The van der Waals surface area contributed by atoms with Crippen LogP contribution in [0.25, 0.3) is 32.2 Å². The van der Waals surface area contributed by atoms with Crippen LogP contribution >= 0.6 is 11.3 Å². The molecule has 2 heterocycles. The van der Waals surface area contributed by atoms with E-state index in [1.165, 1.54) is 10.7 Å². The summed E-state index contributed by atoms with van der Waals surface area (Å²) in [6.45, 7) is 1.78. The van der Waals surface area contributed by atoms with E-state index in [9.17, 15) is 9.59 Å². The highest BCUT2D eigenvalue weighted by Crippen LogP contribution is 2.25. The van der Waals surface area contributed by atoms with Crippen molar-refractivity contribution in [2.45, 2.75) is 13.5 Å². The van der Waals surface area contributed by atoms with Gasteiger partial charge in [-0.05, 0) is 48.0 Å². The molecule has 0 saturated heterocycles. The number of carbonyl (C=O) groups excluding carboxylic acids is 1. The van der Waals surface area contributed by atoms with Gasteiger partial charge in [-0.3, -0.25) is 9.59 Å². The van der Waals surface area contributed by atoms with Gasteiger partial charge in [-0.25, -0.2) is 9.67 Å². The molecule has 0 bridgehead atoms. The topological polar surface area (TPSA) is 76.9 Å². The van der Waals surface area contributed by atoms with Gasteiger partial charge < -0.3 is 5.32 Å². The molecule has 1 amide bonds. The predicted octanol–water partition coefficient (Wildman–Crippen LogP) is 4.62. The van der Waals surface area contributed by atoms with Gasteiger partial charge in [-0.15, -0.1) is 11.3 Å². The molecule has 0 saturated carbocycles. The van der Waals surface area contributed by atoms with Gasteiger partial charge in [-0.2, -0.15) is 5.10 Å². The van der Waals surface area contributed by atoms with Gasteiger partial charge in [0.05, 0.1) is 20.9 Å². The summed E-state index contributed by atoms with van der Waals surface area (Å²) in [6.07, 6.45) is 0.